The van der Waals surface area contributed by atoms with Gasteiger partial charge in [-0.15, -0.1) is 0 Å². The van der Waals surface area contributed by atoms with Crippen molar-refractivity contribution in [2.24, 2.45) is 5.41 Å². The van der Waals surface area contributed by atoms with Crippen LogP contribution in [0.2, 0.25) is 0 Å². The highest BCUT2D eigenvalue weighted by Gasteiger charge is 2.25. The molecule has 2 N–H and O–H groups in total. The predicted molar refractivity (Wildman–Crippen MR) is 102 cm³/mol. The Morgan fingerprint density at radius 2 is 1.85 bits per heavy atom. The summed E-state index contributed by atoms with van der Waals surface area (Å²) in [4.78, 5) is 28.4. The summed E-state index contributed by atoms with van der Waals surface area (Å²) < 4.78 is 0. The summed E-state index contributed by atoms with van der Waals surface area (Å²) in [6.45, 7) is 7.06. The number of aromatic nitrogens is 1. The van der Waals surface area contributed by atoms with Crippen LogP contribution in [-0.2, 0) is 9.59 Å². The van der Waals surface area contributed by atoms with Gasteiger partial charge in [0.2, 0.25) is 11.8 Å². The molecule has 26 heavy (non-hydrogen) atoms. The number of amides is 2. The molecule has 1 atom stereocenters. The second kappa shape index (κ2) is 8.30. The molecule has 0 aliphatic heterocycles. The monoisotopic (exact) mass is 349 g/mol. The van der Waals surface area contributed by atoms with Gasteiger partial charge in [0.25, 0.3) is 0 Å². The molecule has 5 heteroatoms. The van der Waals surface area contributed by atoms with E-state index in [0.717, 1.165) is 5.56 Å². The summed E-state index contributed by atoms with van der Waals surface area (Å²) >= 11 is 0. The minimum Gasteiger partial charge on any atom is -0.344 e. The Balaban J connectivity index is 2.03. The maximum atomic E-state index is 12.3. The smallest absolute Gasteiger partial charge is 0.246 e. The largest absolute Gasteiger partial charge is 0.344 e. The lowest BCUT2D eigenvalue weighted by Gasteiger charge is -2.21. The third-order valence-electron chi connectivity index (χ3n) is 3.55. The van der Waals surface area contributed by atoms with Crippen molar-refractivity contribution in [3.8, 4) is 11.8 Å². The fourth-order valence-electron chi connectivity index (χ4n) is 1.98. The molecule has 1 unspecified atom stereocenters. The quantitative estimate of drug-likeness (QED) is 0.837. The normalized spacial score (nSPS) is 11.7. The van der Waals surface area contributed by atoms with Crippen LogP contribution in [0.4, 0.5) is 5.69 Å². The molecule has 0 fully saturated rings. The number of hydrogen-bond acceptors (Lipinski definition) is 3. The molecule has 1 heterocycles. The summed E-state index contributed by atoms with van der Waals surface area (Å²) in [7, 11) is 0. The van der Waals surface area contributed by atoms with Gasteiger partial charge in [-0.3, -0.25) is 9.59 Å². The second-order valence-electron chi connectivity index (χ2n) is 6.98. The average molecular weight is 349 g/mol. The number of anilines is 1. The van der Waals surface area contributed by atoms with Gasteiger partial charge in [-0.1, -0.05) is 38.8 Å². The first-order valence-corrected chi connectivity index (χ1v) is 8.40. The summed E-state index contributed by atoms with van der Waals surface area (Å²) in [6.07, 6.45) is 1.69. The summed E-state index contributed by atoms with van der Waals surface area (Å²) in [6, 6.07) is 12.1. The summed E-state index contributed by atoms with van der Waals surface area (Å²) in [5, 5.41) is 5.51. The van der Waals surface area contributed by atoms with Gasteiger partial charge >= 0.3 is 0 Å². The van der Waals surface area contributed by atoms with E-state index in [-0.39, 0.29) is 11.8 Å². The molecule has 0 radical (unpaired) electrons. The fraction of sp³-hybridized carbons (Fsp3) is 0.286. The first-order chi connectivity index (χ1) is 12.3. The van der Waals surface area contributed by atoms with E-state index in [9.17, 15) is 9.59 Å². The molecule has 0 aliphatic rings. The zero-order valence-corrected chi connectivity index (χ0v) is 15.5. The summed E-state index contributed by atoms with van der Waals surface area (Å²) in [5.74, 6) is 5.55. The maximum Gasteiger partial charge on any atom is 0.246 e. The van der Waals surface area contributed by atoms with Gasteiger partial charge < -0.3 is 10.6 Å². The van der Waals surface area contributed by atoms with Crippen LogP contribution in [0, 0.1) is 17.3 Å². The maximum absolute atomic E-state index is 12.3. The van der Waals surface area contributed by atoms with Crippen molar-refractivity contribution in [2.75, 3.05) is 5.32 Å². The van der Waals surface area contributed by atoms with Crippen molar-refractivity contribution in [1.29, 1.82) is 0 Å². The molecule has 2 aromatic rings. The minimum absolute atomic E-state index is 0.171. The number of hydrogen-bond donors (Lipinski definition) is 2. The lowest BCUT2D eigenvalue weighted by atomic mass is 9.95. The van der Waals surface area contributed by atoms with Gasteiger partial charge in [0.15, 0.2) is 0 Å². The van der Waals surface area contributed by atoms with Crippen LogP contribution in [-0.4, -0.2) is 22.8 Å². The van der Waals surface area contributed by atoms with E-state index in [1.807, 2.05) is 30.3 Å². The zero-order chi connectivity index (χ0) is 19.2. The highest BCUT2D eigenvalue weighted by Crippen LogP contribution is 2.14. The number of benzene rings is 1. The van der Waals surface area contributed by atoms with Crippen molar-refractivity contribution in [3.05, 3.63) is 59.9 Å². The van der Waals surface area contributed by atoms with E-state index in [4.69, 9.17) is 0 Å². The second-order valence-corrected chi connectivity index (χ2v) is 6.98. The molecular weight excluding hydrogens is 326 g/mol. The number of rotatable bonds is 3. The lowest BCUT2D eigenvalue weighted by Crippen LogP contribution is -2.46. The number of nitrogens with one attached hydrogen (secondary N) is 2. The van der Waals surface area contributed by atoms with E-state index in [1.165, 1.54) is 0 Å². The molecule has 0 bridgehead atoms. The lowest BCUT2D eigenvalue weighted by molar-refractivity contribution is -0.131. The number of nitrogens with zero attached hydrogens (tertiary/aromatic N) is 1. The van der Waals surface area contributed by atoms with Crippen molar-refractivity contribution < 1.29 is 9.59 Å². The Kier molecular flexibility index (Phi) is 6.13. The van der Waals surface area contributed by atoms with Gasteiger partial charge in [0.05, 0.1) is 0 Å². The Morgan fingerprint density at radius 1 is 1.08 bits per heavy atom. The van der Waals surface area contributed by atoms with E-state index in [1.54, 1.807) is 46.0 Å². The molecule has 0 aliphatic carbocycles. The molecule has 0 saturated heterocycles. The predicted octanol–water partition coefficient (Wildman–Crippen LogP) is 2.97. The Labute approximate surface area is 154 Å². The highest BCUT2D eigenvalue weighted by molar-refractivity contribution is 5.97. The molecule has 0 saturated carbocycles. The van der Waals surface area contributed by atoms with Crippen LogP contribution in [0.25, 0.3) is 0 Å². The van der Waals surface area contributed by atoms with Crippen LogP contribution in [0.3, 0.4) is 0 Å². The molecule has 1 aromatic carbocycles. The highest BCUT2D eigenvalue weighted by atomic mass is 16.2. The Hall–Kier alpha value is -3.13. The molecule has 2 rings (SSSR count). The van der Waals surface area contributed by atoms with E-state index in [2.05, 4.69) is 27.5 Å². The minimum atomic E-state index is -0.634. The molecule has 2 amide bonds. The van der Waals surface area contributed by atoms with Gasteiger partial charge in [-0.05, 0) is 43.2 Å². The Morgan fingerprint density at radius 3 is 2.50 bits per heavy atom. The van der Waals surface area contributed by atoms with Gasteiger partial charge in [0, 0.05) is 22.9 Å². The standard InChI is InChI=1S/C21H23N3O2/c1-15(23-20(26)21(2,3)4)19(25)24-18-10-7-8-16(14-18)11-12-17-9-5-6-13-22-17/h5-10,13-15H,1-4H3,(H,23,26)(H,24,25). The molecule has 1 aromatic heterocycles. The first kappa shape index (κ1) is 19.2. The van der Waals surface area contributed by atoms with Gasteiger partial charge in [0.1, 0.15) is 11.7 Å². The van der Waals surface area contributed by atoms with Crippen LogP contribution >= 0.6 is 0 Å². The molecule has 134 valence electrons. The third-order valence-corrected chi connectivity index (χ3v) is 3.55. The van der Waals surface area contributed by atoms with Crippen LogP contribution in [0.15, 0.2) is 48.7 Å². The zero-order valence-electron chi connectivity index (χ0n) is 15.5. The number of carbonyl (C=O) groups excluding carboxylic acids is 2. The SMILES string of the molecule is CC(NC(=O)C(C)(C)C)C(=O)Nc1cccc(C#Cc2ccccn2)c1. The molecular formula is C21H23N3O2. The number of pyridine rings is 1. The van der Waals surface area contributed by atoms with E-state index >= 15 is 0 Å². The van der Waals surface area contributed by atoms with Crippen molar-refractivity contribution in [3.63, 3.8) is 0 Å². The van der Waals surface area contributed by atoms with Crippen LogP contribution in [0.1, 0.15) is 39.0 Å². The third kappa shape index (κ3) is 5.75. The van der Waals surface area contributed by atoms with Crippen LogP contribution in [0.5, 0.6) is 0 Å². The Bertz CT molecular complexity index is 843. The van der Waals surface area contributed by atoms with Gasteiger partial charge in [-0.2, -0.15) is 0 Å². The van der Waals surface area contributed by atoms with Crippen molar-refractivity contribution in [2.45, 2.75) is 33.7 Å². The van der Waals surface area contributed by atoms with E-state index < -0.39 is 11.5 Å². The molecule has 5 nitrogen and oxygen atoms in total. The van der Waals surface area contributed by atoms with Crippen molar-refractivity contribution >= 4 is 17.5 Å². The van der Waals surface area contributed by atoms with E-state index in [0.29, 0.717) is 11.4 Å². The summed E-state index contributed by atoms with van der Waals surface area (Å²) in [5.41, 5.74) is 1.52. The molecule has 0 spiro atoms. The van der Waals surface area contributed by atoms with Crippen LogP contribution < -0.4 is 10.6 Å². The fourth-order valence-corrected chi connectivity index (χ4v) is 1.98. The topological polar surface area (TPSA) is 71.1 Å². The van der Waals surface area contributed by atoms with Crippen molar-refractivity contribution in [1.82, 2.24) is 10.3 Å². The average Bonchev–Trinajstić information content (AvgIpc) is 2.60. The number of carbonyl (C=O) groups is 2. The first-order valence-electron chi connectivity index (χ1n) is 8.40. The van der Waals surface area contributed by atoms with Gasteiger partial charge in [-0.25, -0.2) is 4.98 Å².